The van der Waals surface area contributed by atoms with E-state index in [1.54, 1.807) is 0 Å². The molecule has 14 heteroatoms. The van der Waals surface area contributed by atoms with Gasteiger partial charge in [0, 0.05) is 18.3 Å². The molecule has 4 aliphatic carbocycles. The molecule has 7 rings (SSSR count). The Balaban J connectivity index is 1.16. The van der Waals surface area contributed by atoms with E-state index < -0.39 is 68.7 Å². The largest absolute Gasteiger partial charge is 0.446 e. The van der Waals surface area contributed by atoms with E-state index >= 15 is 0 Å². The highest BCUT2D eigenvalue weighted by Gasteiger charge is 2.62. The zero-order valence-corrected chi connectivity index (χ0v) is 31.2. The van der Waals surface area contributed by atoms with Gasteiger partial charge in [-0.25, -0.2) is 13.2 Å². The predicted octanol–water partition coefficient (Wildman–Crippen LogP) is 4.61. The maximum absolute atomic E-state index is 14.5. The maximum atomic E-state index is 14.5. The number of fused-ring (bicyclic) bond motifs is 2. The van der Waals surface area contributed by atoms with Crippen molar-refractivity contribution in [1.29, 1.82) is 0 Å². The molecule has 1 aromatic carbocycles. The van der Waals surface area contributed by atoms with Crippen LogP contribution in [0.3, 0.4) is 0 Å². The van der Waals surface area contributed by atoms with Crippen molar-refractivity contribution >= 4 is 39.5 Å². The van der Waals surface area contributed by atoms with Crippen molar-refractivity contribution in [3.63, 3.8) is 0 Å². The molecule has 1 aromatic rings. The molecule has 0 radical (unpaired) electrons. The first-order chi connectivity index (χ1) is 25.6. The third-order valence-electron chi connectivity index (χ3n) is 11.8. The van der Waals surface area contributed by atoms with Crippen molar-refractivity contribution in [2.45, 2.75) is 144 Å². The number of allylic oxidation sites excluding steroid dienone is 1. The quantitative estimate of drug-likeness (QED) is 0.187. The summed E-state index contributed by atoms with van der Waals surface area (Å²) < 4.78 is 33.5. The average Bonchev–Trinajstić information content (AvgIpc) is 4.06. The van der Waals surface area contributed by atoms with Gasteiger partial charge in [0.25, 0.3) is 5.91 Å². The van der Waals surface area contributed by atoms with Crippen molar-refractivity contribution in [3.05, 3.63) is 48.0 Å². The summed E-state index contributed by atoms with van der Waals surface area (Å²) in [6.07, 6.45) is 15.1. The van der Waals surface area contributed by atoms with E-state index in [4.69, 9.17) is 14.7 Å². The van der Waals surface area contributed by atoms with Gasteiger partial charge in [-0.3, -0.25) is 19.1 Å². The minimum absolute atomic E-state index is 0.0433. The summed E-state index contributed by atoms with van der Waals surface area (Å²) in [5, 5.41) is 9.82. The second-order valence-electron chi connectivity index (χ2n) is 15.8. The van der Waals surface area contributed by atoms with Crippen LogP contribution in [-0.4, -0.2) is 84.5 Å². The van der Waals surface area contributed by atoms with E-state index in [0.29, 0.717) is 25.7 Å². The molecule has 0 bridgehead atoms. The van der Waals surface area contributed by atoms with Crippen molar-refractivity contribution in [1.82, 2.24) is 20.3 Å². The lowest BCUT2D eigenvalue weighted by Crippen LogP contribution is -2.58. The van der Waals surface area contributed by atoms with Crippen LogP contribution >= 0.6 is 0 Å². The second kappa shape index (κ2) is 16.2. The van der Waals surface area contributed by atoms with Crippen molar-refractivity contribution in [2.75, 3.05) is 6.54 Å². The minimum Gasteiger partial charge on any atom is -0.446 e. The monoisotopic (exact) mass is 751 g/mol. The van der Waals surface area contributed by atoms with E-state index in [2.05, 4.69) is 15.4 Å². The average molecular weight is 752 g/mol. The van der Waals surface area contributed by atoms with Gasteiger partial charge in [-0.05, 0) is 76.2 Å². The Hall–Kier alpha value is -3.94. The Kier molecular flexibility index (Phi) is 11.4. The molecule has 0 spiro atoms. The lowest BCUT2D eigenvalue weighted by molar-refractivity contribution is -0.141. The number of carbonyl (C=O) groups is 4. The van der Waals surface area contributed by atoms with Crippen molar-refractivity contribution in [2.24, 2.45) is 17.0 Å². The van der Waals surface area contributed by atoms with Gasteiger partial charge >= 0.3 is 6.09 Å². The van der Waals surface area contributed by atoms with Gasteiger partial charge < -0.3 is 25.1 Å². The van der Waals surface area contributed by atoms with Gasteiger partial charge in [-0.1, -0.05) is 79.7 Å². The molecule has 2 aliphatic heterocycles. The highest BCUT2D eigenvalue weighted by atomic mass is 32.2. The van der Waals surface area contributed by atoms with E-state index in [0.717, 1.165) is 75.5 Å². The fourth-order valence-corrected chi connectivity index (χ4v) is 9.50. The SMILES string of the molecule is O=C(N[C@@H]1CCCCC/C=C\[C@H]2C[C@]2(C(=O)NS(=O)(=O)C2CC2)NC(=O)[C@@H]2C[C@@H](O/N=C(/c3ccccc3)C3CCCCC3)CN2C1=O)OC1CCC1. The molecule has 1 saturated heterocycles. The van der Waals surface area contributed by atoms with Gasteiger partial charge in [0.15, 0.2) is 0 Å². The molecule has 4 saturated carbocycles. The standard InChI is InChI=1S/C39H53N5O8S/c45-35-33-23-30(52-42-34(26-13-6-4-7-14-26)27-15-8-5-9-16-27)25-44(33)36(46)32(40-38(48)51-29-18-12-19-29)20-11-3-1-2-10-17-28-24-39(28,41-35)37(47)43-53(49,50)31-21-22-31/h4,6-7,10,13-14,17,27-33H,1-3,5,8-9,11-12,15-16,18-25H2,(H,40,48)(H,41,45)(H,43,47)/b17-10-,42-34-/t28-,30+,32+,33-,39-/m0/s1. The normalized spacial score (nSPS) is 31.0. The topological polar surface area (TPSA) is 173 Å². The second-order valence-corrected chi connectivity index (χ2v) is 17.8. The van der Waals surface area contributed by atoms with Crippen LogP contribution in [0.15, 0.2) is 47.6 Å². The summed E-state index contributed by atoms with van der Waals surface area (Å²) in [7, 11) is -3.87. The van der Waals surface area contributed by atoms with Crippen molar-refractivity contribution in [3.8, 4) is 0 Å². The van der Waals surface area contributed by atoms with E-state index in [9.17, 15) is 27.6 Å². The molecule has 0 aromatic heterocycles. The van der Waals surface area contributed by atoms with Gasteiger partial charge in [0.2, 0.25) is 21.8 Å². The fourth-order valence-electron chi connectivity index (χ4n) is 8.13. The predicted molar refractivity (Wildman–Crippen MR) is 197 cm³/mol. The highest BCUT2D eigenvalue weighted by molar-refractivity contribution is 7.91. The lowest BCUT2D eigenvalue weighted by Gasteiger charge is -2.30. The Labute approximate surface area is 312 Å². The number of nitrogens with zero attached hydrogens (tertiary/aromatic N) is 2. The summed E-state index contributed by atoms with van der Waals surface area (Å²) >= 11 is 0. The number of nitrogens with one attached hydrogen (secondary N) is 3. The van der Waals surface area contributed by atoms with Gasteiger partial charge in [-0.15, -0.1) is 0 Å². The lowest BCUT2D eigenvalue weighted by atomic mass is 9.83. The van der Waals surface area contributed by atoms with Crippen LogP contribution in [0.5, 0.6) is 0 Å². The van der Waals surface area contributed by atoms with E-state index in [1.165, 1.54) is 11.3 Å². The molecule has 4 amide bonds. The molecule has 6 aliphatic rings. The maximum Gasteiger partial charge on any atom is 0.408 e. The number of sulfonamides is 1. The number of oxime groups is 1. The number of alkyl carbamates (subject to hydrolysis) is 1. The molecule has 53 heavy (non-hydrogen) atoms. The first kappa shape index (κ1) is 37.4. The third kappa shape index (κ3) is 8.90. The van der Waals surface area contributed by atoms with E-state index in [-0.39, 0.29) is 31.4 Å². The summed E-state index contributed by atoms with van der Waals surface area (Å²) in [6, 6.07) is 7.93. The van der Waals surface area contributed by atoms with Gasteiger partial charge in [0.05, 0.1) is 17.5 Å². The number of benzene rings is 1. The summed E-state index contributed by atoms with van der Waals surface area (Å²) in [5.74, 6) is -1.94. The molecule has 5 atom stereocenters. The Morgan fingerprint density at radius 1 is 0.887 bits per heavy atom. The number of amides is 4. The summed E-state index contributed by atoms with van der Waals surface area (Å²) in [4.78, 5) is 63.2. The number of hydrogen-bond acceptors (Lipinski definition) is 9. The third-order valence-corrected chi connectivity index (χ3v) is 13.6. The molecule has 288 valence electrons. The van der Waals surface area contributed by atoms with Crippen LogP contribution in [0.1, 0.15) is 115 Å². The first-order valence-corrected chi connectivity index (χ1v) is 21.3. The molecule has 2 heterocycles. The first-order valence-electron chi connectivity index (χ1n) is 19.7. The fraction of sp³-hybridized carbons (Fsp3) is 0.667. The highest BCUT2D eigenvalue weighted by Crippen LogP contribution is 2.46. The number of rotatable bonds is 9. The van der Waals surface area contributed by atoms with Crippen LogP contribution in [0, 0.1) is 11.8 Å². The van der Waals surface area contributed by atoms with Crippen LogP contribution in [-0.2, 0) is 34.0 Å². The minimum atomic E-state index is -3.87. The number of carbonyl (C=O) groups excluding carboxylic acids is 4. The van der Waals surface area contributed by atoms with Crippen molar-refractivity contribution < 1.29 is 37.2 Å². The zero-order valence-electron chi connectivity index (χ0n) is 30.4. The number of ether oxygens (including phenoxy) is 1. The molecule has 5 fully saturated rings. The van der Waals surface area contributed by atoms with Crippen LogP contribution in [0.25, 0.3) is 0 Å². The molecule has 0 unspecified atom stereocenters. The zero-order chi connectivity index (χ0) is 37.0. The summed E-state index contributed by atoms with van der Waals surface area (Å²) in [6.45, 7) is 0.0433. The smallest absolute Gasteiger partial charge is 0.408 e. The van der Waals surface area contributed by atoms with Gasteiger partial charge in [-0.2, -0.15) is 0 Å². The van der Waals surface area contributed by atoms with Crippen LogP contribution in [0.4, 0.5) is 4.79 Å². The van der Waals surface area contributed by atoms with Gasteiger partial charge in [0.1, 0.15) is 29.8 Å². The van der Waals surface area contributed by atoms with Crippen LogP contribution < -0.4 is 15.4 Å². The number of hydrogen-bond donors (Lipinski definition) is 3. The van der Waals surface area contributed by atoms with E-state index in [1.807, 2.05) is 42.5 Å². The molecule has 13 nitrogen and oxygen atoms in total. The van der Waals surface area contributed by atoms with Crippen LogP contribution in [0.2, 0.25) is 0 Å². The molecular formula is C39H53N5O8S. The molecular weight excluding hydrogens is 699 g/mol. The summed E-state index contributed by atoms with van der Waals surface area (Å²) in [5.41, 5.74) is 0.355. The molecule has 3 N–H and O–H groups in total. The Morgan fingerprint density at radius 2 is 1.62 bits per heavy atom. The Morgan fingerprint density at radius 3 is 2.34 bits per heavy atom. The Bertz CT molecular complexity index is 1690.